The van der Waals surface area contributed by atoms with Crippen LogP contribution < -0.4 is 15.5 Å². The van der Waals surface area contributed by atoms with Crippen molar-refractivity contribution in [3.63, 3.8) is 0 Å². The molecule has 16 heteroatoms. The Balaban J connectivity index is 2.56. The topological polar surface area (TPSA) is 226 Å². The second-order valence-corrected chi connectivity index (χ2v) is 13.4. The lowest BCUT2D eigenvalue weighted by Crippen LogP contribution is -2.41. The molecule has 1 heterocycles. The summed E-state index contributed by atoms with van der Waals surface area (Å²) in [4.78, 5) is 81.9. The first-order valence-electron chi connectivity index (χ1n) is 13.9. The van der Waals surface area contributed by atoms with E-state index in [2.05, 4.69) is 21.2 Å². The molecule has 4 unspecified atom stereocenters. The monoisotopic (exact) mass is 633 g/mol. The van der Waals surface area contributed by atoms with E-state index in [4.69, 9.17) is 10.00 Å². The number of nitriles is 1. The summed E-state index contributed by atoms with van der Waals surface area (Å²) in [6.07, 6.45) is 2.52. The van der Waals surface area contributed by atoms with E-state index >= 15 is 0 Å². The van der Waals surface area contributed by atoms with Gasteiger partial charge >= 0.3 is 5.97 Å². The van der Waals surface area contributed by atoms with Gasteiger partial charge in [0.15, 0.2) is 0 Å². The molecule has 1 rings (SSSR count). The largest absolute Gasteiger partial charge is 0.756 e. The standard InChI is InChI=1S/C26H43N4O10PS/c1-18(2)29-24(35)20(16-26(3,17-27)11-10-23(33)34)42-19-15-22(32)30(25(19)36)13-8-9-21(31)28-12-6-4-5-7-14-40-41(37,38)39/h18-20H,4-16H2,1-3H3,(H,28,31)(H,29,35)(H,33,34)(H2,37,38,39)/p-1. The van der Waals surface area contributed by atoms with E-state index in [0.717, 1.165) is 23.1 Å². The van der Waals surface area contributed by atoms with Crippen molar-refractivity contribution >= 4 is 49.2 Å². The van der Waals surface area contributed by atoms with Crippen LogP contribution in [0.2, 0.25) is 0 Å². The molecule has 1 aliphatic rings. The first-order valence-corrected chi connectivity index (χ1v) is 16.4. The molecule has 0 aromatic heterocycles. The molecule has 0 aliphatic carbocycles. The number of unbranched alkanes of at least 4 members (excludes halogenated alkanes) is 3. The highest BCUT2D eigenvalue weighted by molar-refractivity contribution is 8.02. The summed E-state index contributed by atoms with van der Waals surface area (Å²) in [6, 6.07) is 1.90. The molecule has 1 fully saturated rings. The summed E-state index contributed by atoms with van der Waals surface area (Å²) >= 11 is 1.00. The summed E-state index contributed by atoms with van der Waals surface area (Å²) in [5, 5.41) is 22.6. The highest BCUT2D eigenvalue weighted by atomic mass is 32.2. The molecule has 1 aliphatic heterocycles. The van der Waals surface area contributed by atoms with E-state index in [0.29, 0.717) is 25.8 Å². The van der Waals surface area contributed by atoms with Gasteiger partial charge in [-0.05, 0) is 52.9 Å². The van der Waals surface area contributed by atoms with Crippen LogP contribution in [0, 0.1) is 16.7 Å². The van der Waals surface area contributed by atoms with Gasteiger partial charge in [0.25, 0.3) is 7.82 Å². The molecule has 14 nitrogen and oxygen atoms in total. The van der Waals surface area contributed by atoms with Gasteiger partial charge in [-0.2, -0.15) is 5.26 Å². The van der Waals surface area contributed by atoms with Crippen LogP contribution >= 0.6 is 19.6 Å². The van der Waals surface area contributed by atoms with Gasteiger partial charge in [-0.15, -0.1) is 11.8 Å². The maximum absolute atomic E-state index is 13.0. The van der Waals surface area contributed by atoms with Crippen molar-refractivity contribution < 1.29 is 48.0 Å². The van der Waals surface area contributed by atoms with Gasteiger partial charge in [0, 0.05) is 38.4 Å². The van der Waals surface area contributed by atoms with Crippen LogP contribution in [-0.2, 0) is 33.1 Å². The Morgan fingerprint density at radius 1 is 1.21 bits per heavy atom. The number of carboxylic acids is 1. The Hall–Kier alpha value is -2.50. The minimum absolute atomic E-state index is 0.0107. The zero-order valence-electron chi connectivity index (χ0n) is 24.3. The van der Waals surface area contributed by atoms with E-state index in [1.807, 2.05) is 0 Å². The number of phosphoric ester groups is 1. The number of thioether (sulfide) groups is 1. The third kappa shape index (κ3) is 15.1. The number of hydrogen-bond donors (Lipinski definition) is 4. The predicted molar refractivity (Wildman–Crippen MR) is 151 cm³/mol. The van der Waals surface area contributed by atoms with E-state index < -0.39 is 47.4 Å². The fourth-order valence-corrected chi connectivity index (χ4v) is 6.14. The summed E-state index contributed by atoms with van der Waals surface area (Å²) in [6.45, 7) is 5.47. The molecule has 238 valence electrons. The molecular formula is C26H42N4O10PS-. The number of rotatable bonds is 21. The Kier molecular flexibility index (Phi) is 16.3. The minimum Gasteiger partial charge on any atom is -0.756 e. The van der Waals surface area contributed by atoms with Crippen molar-refractivity contribution in [2.24, 2.45) is 5.41 Å². The molecule has 0 aromatic carbocycles. The first kappa shape index (κ1) is 37.5. The molecule has 4 N–H and O–H groups in total. The third-order valence-electron chi connectivity index (χ3n) is 6.48. The van der Waals surface area contributed by atoms with Crippen LogP contribution in [0.1, 0.15) is 85.0 Å². The van der Waals surface area contributed by atoms with Crippen LogP contribution in [-0.4, -0.2) is 80.7 Å². The number of aliphatic carboxylic acids is 1. The molecule has 42 heavy (non-hydrogen) atoms. The zero-order valence-corrected chi connectivity index (χ0v) is 26.0. The highest BCUT2D eigenvalue weighted by Crippen LogP contribution is 2.37. The second-order valence-electron chi connectivity index (χ2n) is 10.8. The van der Waals surface area contributed by atoms with Crippen LogP contribution in [0.15, 0.2) is 0 Å². The number of carbonyl (C=O) groups excluding carboxylic acids is 4. The number of phosphoric acid groups is 1. The molecule has 0 bridgehead atoms. The average molecular weight is 634 g/mol. The number of imide groups is 1. The Morgan fingerprint density at radius 2 is 1.88 bits per heavy atom. The fraction of sp³-hybridized carbons (Fsp3) is 0.769. The molecule has 0 saturated carbocycles. The van der Waals surface area contributed by atoms with Gasteiger partial charge in [0.1, 0.15) is 0 Å². The zero-order chi connectivity index (χ0) is 31.9. The predicted octanol–water partition coefficient (Wildman–Crippen LogP) is 1.46. The van der Waals surface area contributed by atoms with E-state index in [1.54, 1.807) is 20.8 Å². The van der Waals surface area contributed by atoms with Crippen LogP contribution in [0.3, 0.4) is 0 Å². The molecule has 0 radical (unpaired) electrons. The van der Waals surface area contributed by atoms with Crippen molar-refractivity contribution in [3.8, 4) is 6.07 Å². The van der Waals surface area contributed by atoms with Crippen LogP contribution in [0.4, 0.5) is 0 Å². The van der Waals surface area contributed by atoms with Crippen molar-refractivity contribution in [2.45, 2.75) is 102 Å². The number of amides is 4. The van der Waals surface area contributed by atoms with E-state index in [-0.39, 0.29) is 63.6 Å². The van der Waals surface area contributed by atoms with E-state index in [1.165, 1.54) is 0 Å². The van der Waals surface area contributed by atoms with Crippen molar-refractivity contribution in [2.75, 3.05) is 19.7 Å². The smallest absolute Gasteiger partial charge is 0.303 e. The quantitative estimate of drug-likeness (QED) is 0.0800. The normalized spacial score (nSPS) is 18.7. The van der Waals surface area contributed by atoms with Gasteiger partial charge in [0.2, 0.25) is 23.6 Å². The summed E-state index contributed by atoms with van der Waals surface area (Å²) in [7, 11) is -4.70. The van der Waals surface area contributed by atoms with Crippen molar-refractivity contribution in [1.29, 1.82) is 5.26 Å². The molecular weight excluding hydrogens is 591 g/mol. The molecule has 4 atom stereocenters. The first-order chi connectivity index (χ1) is 19.6. The summed E-state index contributed by atoms with van der Waals surface area (Å²) in [5.41, 5.74) is -1.12. The average Bonchev–Trinajstić information content (AvgIpc) is 3.15. The van der Waals surface area contributed by atoms with Crippen molar-refractivity contribution in [1.82, 2.24) is 15.5 Å². The molecule has 0 aromatic rings. The Bertz CT molecular complexity index is 1050. The van der Waals surface area contributed by atoms with Gasteiger partial charge in [0.05, 0.1) is 28.6 Å². The lowest BCUT2D eigenvalue weighted by molar-refractivity contribution is -0.219. The lowest BCUT2D eigenvalue weighted by Gasteiger charge is -2.28. The van der Waals surface area contributed by atoms with Crippen molar-refractivity contribution in [3.05, 3.63) is 0 Å². The minimum atomic E-state index is -4.70. The van der Waals surface area contributed by atoms with Crippen LogP contribution in [0.25, 0.3) is 0 Å². The van der Waals surface area contributed by atoms with Gasteiger partial charge in [-0.3, -0.25) is 33.4 Å². The summed E-state index contributed by atoms with van der Waals surface area (Å²) < 4.78 is 14.7. The number of carboxylic acid groups (broad SMARTS) is 1. The number of nitrogens with one attached hydrogen (secondary N) is 2. The number of hydrogen-bond acceptors (Lipinski definition) is 10. The maximum Gasteiger partial charge on any atom is 0.303 e. The molecule has 1 saturated heterocycles. The Morgan fingerprint density at radius 3 is 2.48 bits per heavy atom. The van der Waals surface area contributed by atoms with E-state index in [9.17, 15) is 38.7 Å². The number of carbonyl (C=O) groups is 5. The molecule has 0 spiro atoms. The highest BCUT2D eigenvalue weighted by Gasteiger charge is 2.42. The lowest BCUT2D eigenvalue weighted by atomic mass is 9.82. The van der Waals surface area contributed by atoms with Crippen LogP contribution in [0.5, 0.6) is 0 Å². The summed E-state index contributed by atoms with van der Waals surface area (Å²) in [5.74, 6) is -2.56. The number of likely N-dealkylation sites (tertiary alicyclic amines) is 1. The SMILES string of the molecule is CC(C)NC(=O)C(CC(C)(C#N)CCC(=O)O)SC1CC(=O)N(CCCC(=O)NCCCCCCOP(=O)([O-])O)C1=O. The second kappa shape index (κ2) is 18.2. The van der Waals surface area contributed by atoms with Gasteiger partial charge < -0.3 is 30.1 Å². The van der Waals surface area contributed by atoms with Gasteiger partial charge in [-0.1, -0.05) is 12.8 Å². The third-order valence-corrected chi connectivity index (χ3v) is 8.40. The maximum atomic E-state index is 13.0. The fourth-order valence-electron chi connectivity index (χ4n) is 4.24. The number of nitrogens with zero attached hydrogens (tertiary/aromatic N) is 2. The van der Waals surface area contributed by atoms with Gasteiger partial charge in [-0.25, -0.2) is 0 Å². The Labute approximate surface area is 250 Å². The molecule has 4 amide bonds.